The first-order valence-electron chi connectivity index (χ1n) is 6.87. The zero-order chi connectivity index (χ0) is 14.8. The SMILES string of the molecule is CCC(C)Nc1c(C(=O)c2cccs2)cnc2[nH]ncc12. The highest BCUT2D eigenvalue weighted by atomic mass is 32.1. The van der Waals surface area contributed by atoms with Crippen molar-refractivity contribution in [2.75, 3.05) is 5.32 Å². The van der Waals surface area contributed by atoms with E-state index in [1.807, 2.05) is 17.5 Å². The number of rotatable bonds is 5. The molecule has 0 bridgehead atoms. The van der Waals surface area contributed by atoms with Crippen LogP contribution in [0.3, 0.4) is 0 Å². The summed E-state index contributed by atoms with van der Waals surface area (Å²) in [7, 11) is 0. The summed E-state index contributed by atoms with van der Waals surface area (Å²) >= 11 is 1.44. The van der Waals surface area contributed by atoms with Crippen LogP contribution in [-0.2, 0) is 0 Å². The van der Waals surface area contributed by atoms with E-state index in [9.17, 15) is 4.79 Å². The van der Waals surface area contributed by atoms with Gasteiger partial charge in [-0.3, -0.25) is 9.89 Å². The molecule has 0 saturated heterocycles. The predicted molar refractivity (Wildman–Crippen MR) is 85.0 cm³/mol. The van der Waals surface area contributed by atoms with Gasteiger partial charge in [0.15, 0.2) is 5.65 Å². The number of H-pyrrole nitrogens is 1. The maximum atomic E-state index is 12.7. The number of aromatic amines is 1. The molecule has 5 nitrogen and oxygen atoms in total. The lowest BCUT2D eigenvalue weighted by molar-refractivity contribution is 0.104. The number of anilines is 1. The minimum absolute atomic E-state index is 0.00796. The molecule has 0 radical (unpaired) electrons. The number of ketones is 1. The highest BCUT2D eigenvalue weighted by Crippen LogP contribution is 2.28. The van der Waals surface area contributed by atoms with Gasteiger partial charge in [0.25, 0.3) is 0 Å². The molecule has 2 N–H and O–H groups in total. The molecule has 1 unspecified atom stereocenters. The summed E-state index contributed by atoms with van der Waals surface area (Å²) in [4.78, 5) is 17.7. The first kappa shape index (κ1) is 13.8. The summed E-state index contributed by atoms with van der Waals surface area (Å²) in [5.41, 5.74) is 2.08. The number of hydrogen-bond donors (Lipinski definition) is 2. The van der Waals surface area contributed by atoms with Crippen LogP contribution in [0.25, 0.3) is 11.0 Å². The lowest BCUT2D eigenvalue weighted by atomic mass is 10.1. The molecular weight excluding hydrogens is 284 g/mol. The van der Waals surface area contributed by atoms with Crippen molar-refractivity contribution in [1.82, 2.24) is 15.2 Å². The normalized spacial score (nSPS) is 12.5. The molecule has 21 heavy (non-hydrogen) atoms. The zero-order valence-corrected chi connectivity index (χ0v) is 12.7. The van der Waals surface area contributed by atoms with Gasteiger partial charge in [0.2, 0.25) is 5.78 Å². The van der Waals surface area contributed by atoms with Crippen LogP contribution in [0, 0.1) is 0 Å². The van der Waals surface area contributed by atoms with Gasteiger partial charge in [-0.1, -0.05) is 13.0 Å². The molecular formula is C15H16N4OS. The van der Waals surface area contributed by atoms with E-state index >= 15 is 0 Å². The minimum Gasteiger partial charge on any atom is -0.381 e. The maximum Gasteiger partial charge on any atom is 0.206 e. The van der Waals surface area contributed by atoms with Crippen molar-refractivity contribution in [3.8, 4) is 0 Å². The number of aromatic nitrogens is 3. The second kappa shape index (κ2) is 5.65. The molecule has 6 heteroatoms. The fraction of sp³-hybridized carbons (Fsp3) is 0.267. The summed E-state index contributed by atoms with van der Waals surface area (Å²) in [5.74, 6) is -0.00796. The van der Waals surface area contributed by atoms with Crippen molar-refractivity contribution in [2.24, 2.45) is 0 Å². The minimum atomic E-state index is -0.00796. The smallest absolute Gasteiger partial charge is 0.206 e. The number of nitrogens with zero attached hydrogens (tertiary/aromatic N) is 2. The molecule has 1 atom stereocenters. The number of carbonyl (C=O) groups is 1. The average molecular weight is 300 g/mol. The van der Waals surface area contributed by atoms with Crippen LogP contribution in [0.4, 0.5) is 5.69 Å². The van der Waals surface area contributed by atoms with Gasteiger partial charge in [0.05, 0.1) is 27.7 Å². The van der Waals surface area contributed by atoms with Crippen molar-refractivity contribution in [3.63, 3.8) is 0 Å². The topological polar surface area (TPSA) is 70.7 Å². The van der Waals surface area contributed by atoms with E-state index in [0.717, 1.165) is 17.5 Å². The van der Waals surface area contributed by atoms with Gasteiger partial charge >= 0.3 is 0 Å². The van der Waals surface area contributed by atoms with Gasteiger partial charge in [-0.15, -0.1) is 11.3 Å². The fourth-order valence-electron chi connectivity index (χ4n) is 2.12. The van der Waals surface area contributed by atoms with Crippen LogP contribution in [0.15, 0.2) is 29.9 Å². The number of carbonyl (C=O) groups excluding carboxylic acids is 1. The Morgan fingerprint density at radius 2 is 2.33 bits per heavy atom. The Morgan fingerprint density at radius 1 is 1.48 bits per heavy atom. The number of hydrogen-bond acceptors (Lipinski definition) is 5. The molecule has 3 rings (SSSR count). The van der Waals surface area contributed by atoms with E-state index in [1.165, 1.54) is 11.3 Å². The van der Waals surface area contributed by atoms with Crippen molar-refractivity contribution < 1.29 is 4.79 Å². The average Bonchev–Trinajstić information content (AvgIpc) is 3.17. The summed E-state index contributed by atoms with van der Waals surface area (Å²) < 4.78 is 0. The van der Waals surface area contributed by atoms with Gasteiger partial charge in [0.1, 0.15) is 0 Å². The number of thiophene rings is 1. The standard InChI is InChI=1S/C15H16N4OS/c1-3-9(2)18-13-10(14(20)12-5-4-6-21-12)7-16-15-11(13)8-17-19-15/h4-9H,3H2,1-2H3,(H2,16,17,18,19). The Balaban J connectivity index is 2.12. The van der Waals surface area contributed by atoms with Crippen molar-refractivity contribution in [3.05, 3.63) is 40.3 Å². The molecule has 0 aromatic carbocycles. The quantitative estimate of drug-likeness (QED) is 0.708. The van der Waals surface area contributed by atoms with E-state index in [2.05, 4.69) is 34.3 Å². The summed E-state index contributed by atoms with van der Waals surface area (Å²) in [6.07, 6.45) is 4.29. The molecule has 3 aromatic rings. The molecule has 0 saturated carbocycles. The zero-order valence-electron chi connectivity index (χ0n) is 11.9. The monoisotopic (exact) mass is 300 g/mol. The number of nitrogens with one attached hydrogen (secondary N) is 2. The van der Waals surface area contributed by atoms with Gasteiger partial charge < -0.3 is 5.32 Å². The number of pyridine rings is 1. The van der Waals surface area contributed by atoms with Crippen LogP contribution < -0.4 is 5.32 Å². The molecule has 0 aliphatic heterocycles. The van der Waals surface area contributed by atoms with Gasteiger partial charge in [-0.2, -0.15) is 5.10 Å². The van der Waals surface area contributed by atoms with Crippen LogP contribution in [-0.4, -0.2) is 27.0 Å². The lowest BCUT2D eigenvalue weighted by Crippen LogP contribution is -2.17. The van der Waals surface area contributed by atoms with Gasteiger partial charge in [-0.25, -0.2) is 4.98 Å². The Bertz CT molecular complexity index is 763. The molecule has 108 valence electrons. The Labute approximate surface area is 126 Å². The van der Waals surface area contributed by atoms with Crippen molar-refractivity contribution >= 4 is 33.8 Å². The summed E-state index contributed by atoms with van der Waals surface area (Å²) in [6, 6.07) is 3.98. The van der Waals surface area contributed by atoms with Gasteiger partial charge in [-0.05, 0) is 24.8 Å². The first-order valence-corrected chi connectivity index (χ1v) is 7.75. The first-order chi connectivity index (χ1) is 10.2. The Hall–Kier alpha value is -2.21. The predicted octanol–water partition coefficient (Wildman–Crippen LogP) is 3.46. The van der Waals surface area contributed by atoms with Crippen LogP contribution >= 0.6 is 11.3 Å². The highest BCUT2D eigenvalue weighted by molar-refractivity contribution is 7.12. The second-order valence-electron chi connectivity index (χ2n) is 4.94. The largest absolute Gasteiger partial charge is 0.381 e. The second-order valence-corrected chi connectivity index (χ2v) is 5.89. The molecule has 0 amide bonds. The molecule has 0 aliphatic rings. The molecule has 0 fully saturated rings. The van der Waals surface area contributed by atoms with E-state index in [-0.39, 0.29) is 11.8 Å². The lowest BCUT2D eigenvalue weighted by Gasteiger charge is -2.16. The molecule has 0 aliphatic carbocycles. The van der Waals surface area contributed by atoms with E-state index in [1.54, 1.807) is 12.4 Å². The van der Waals surface area contributed by atoms with Crippen LogP contribution in [0.5, 0.6) is 0 Å². The van der Waals surface area contributed by atoms with Crippen LogP contribution in [0.1, 0.15) is 35.5 Å². The van der Waals surface area contributed by atoms with Gasteiger partial charge in [0, 0.05) is 12.2 Å². The maximum absolute atomic E-state index is 12.7. The Morgan fingerprint density at radius 3 is 3.05 bits per heavy atom. The van der Waals surface area contributed by atoms with Crippen molar-refractivity contribution in [2.45, 2.75) is 26.3 Å². The third kappa shape index (κ3) is 2.54. The Kier molecular flexibility index (Phi) is 3.70. The third-order valence-corrected chi connectivity index (χ3v) is 4.34. The fourth-order valence-corrected chi connectivity index (χ4v) is 2.79. The molecule has 3 aromatic heterocycles. The molecule has 3 heterocycles. The van der Waals surface area contributed by atoms with Crippen LogP contribution in [0.2, 0.25) is 0 Å². The van der Waals surface area contributed by atoms with E-state index < -0.39 is 0 Å². The number of fused-ring (bicyclic) bond motifs is 1. The third-order valence-electron chi connectivity index (χ3n) is 3.47. The van der Waals surface area contributed by atoms with E-state index in [0.29, 0.717) is 16.1 Å². The summed E-state index contributed by atoms with van der Waals surface area (Å²) in [6.45, 7) is 4.19. The summed E-state index contributed by atoms with van der Waals surface area (Å²) in [5, 5.41) is 13.0. The molecule has 0 spiro atoms. The highest BCUT2D eigenvalue weighted by Gasteiger charge is 2.19. The van der Waals surface area contributed by atoms with E-state index in [4.69, 9.17) is 0 Å². The van der Waals surface area contributed by atoms with Crippen molar-refractivity contribution in [1.29, 1.82) is 0 Å².